The van der Waals surface area contributed by atoms with Crippen LogP contribution < -0.4 is 19.5 Å². The highest BCUT2D eigenvalue weighted by atomic mass is 35.5. The van der Waals surface area contributed by atoms with Crippen molar-refractivity contribution in [3.05, 3.63) is 40.1 Å². The Balaban J connectivity index is 0.00000220. The van der Waals surface area contributed by atoms with Gasteiger partial charge in [-0.25, -0.2) is 0 Å². The third-order valence-corrected chi connectivity index (χ3v) is 3.86. The van der Waals surface area contributed by atoms with E-state index in [9.17, 15) is 0 Å². The van der Waals surface area contributed by atoms with Gasteiger partial charge in [-0.1, -0.05) is 12.1 Å². The first-order chi connectivity index (χ1) is 9.80. The summed E-state index contributed by atoms with van der Waals surface area (Å²) in [7, 11) is 4.87. The molecule has 0 spiro atoms. The van der Waals surface area contributed by atoms with Crippen molar-refractivity contribution >= 4 is 23.7 Å². The SMILES string of the molecule is COc1ccc(CNCc2cccs2)c(OC)c1OC.Cl. The van der Waals surface area contributed by atoms with E-state index in [1.165, 1.54) is 4.88 Å². The molecule has 116 valence electrons. The average molecular weight is 330 g/mol. The van der Waals surface area contributed by atoms with Gasteiger partial charge in [0.2, 0.25) is 5.75 Å². The molecule has 1 N–H and O–H groups in total. The normalized spacial score (nSPS) is 9.86. The summed E-state index contributed by atoms with van der Waals surface area (Å²) in [5.74, 6) is 2.02. The number of halogens is 1. The fourth-order valence-corrected chi connectivity index (χ4v) is 2.71. The first-order valence-corrected chi connectivity index (χ1v) is 7.19. The van der Waals surface area contributed by atoms with Crippen molar-refractivity contribution in [2.24, 2.45) is 0 Å². The molecule has 2 rings (SSSR count). The highest BCUT2D eigenvalue weighted by Gasteiger charge is 2.15. The van der Waals surface area contributed by atoms with Gasteiger partial charge in [-0.05, 0) is 17.5 Å². The summed E-state index contributed by atoms with van der Waals surface area (Å²) in [5, 5.41) is 5.48. The molecule has 4 nitrogen and oxygen atoms in total. The molecule has 0 amide bonds. The lowest BCUT2D eigenvalue weighted by atomic mass is 10.1. The van der Waals surface area contributed by atoms with Crippen LogP contribution in [0.4, 0.5) is 0 Å². The minimum atomic E-state index is 0. The van der Waals surface area contributed by atoms with E-state index in [1.54, 1.807) is 32.7 Å². The van der Waals surface area contributed by atoms with E-state index in [1.807, 2.05) is 12.1 Å². The van der Waals surface area contributed by atoms with E-state index in [0.29, 0.717) is 23.8 Å². The number of thiophene rings is 1. The molecule has 0 saturated heterocycles. The number of hydrogen-bond acceptors (Lipinski definition) is 5. The molecule has 21 heavy (non-hydrogen) atoms. The molecule has 0 atom stereocenters. The molecular formula is C15H20ClNO3S. The molecule has 2 aromatic rings. The molecule has 1 aromatic carbocycles. The molecule has 0 bridgehead atoms. The molecule has 1 aromatic heterocycles. The van der Waals surface area contributed by atoms with E-state index < -0.39 is 0 Å². The molecule has 0 unspecified atom stereocenters. The van der Waals surface area contributed by atoms with Crippen molar-refractivity contribution in [1.29, 1.82) is 0 Å². The van der Waals surface area contributed by atoms with Crippen LogP contribution in [0.25, 0.3) is 0 Å². The molecule has 0 aliphatic carbocycles. The van der Waals surface area contributed by atoms with Crippen molar-refractivity contribution in [2.45, 2.75) is 13.1 Å². The van der Waals surface area contributed by atoms with E-state index in [-0.39, 0.29) is 12.4 Å². The second kappa shape index (κ2) is 8.77. The van der Waals surface area contributed by atoms with Crippen LogP contribution in [0.2, 0.25) is 0 Å². The Morgan fingerprint density at radius 2 is 1.71 bits per heavy atom. The minimum absolute atomic E-state index is 0. The fourth-order valence-electron chi connectivity index (χ4n) is 2.04. The zero-order valence-corrected chi connectivity index (χ0v) is 14.0. The number of nitrogens with one attached hydrogen (secondary N) is 1. The zero-order valence-electron chi connectivity index (χ0n) is 12.3. The number of methoxy groups -OCH3 is 3. The van der Waals surface area contributed by atoms with E-state index in [0.717, 1.165) is 12.1 Å². The summed E-state index contributed by atoms with van der Waals surface area (Å²) in [6.45, 7) is 1.55. The lowest BCUT2D eigenvalue weighted by Crippen LogP contribution is -2.13. The molecule has 6 heteroatoms. The standard InChI is InChI=1S/C15H19NO3S.ClH/c1-17-13-7-6-11(14(18-2)15(13)19-3)9-16-10-12-5-4-8-20-12;/h4-8,16H,9-10H2,1-3H3;1H. The molecular weight excluding hydrogens is 310 g/mol. The van der Waals surface area contributed by atoms with Crippen LogP contribution >= 0.6 is 23.7 Å². The van der Waals surface area contributed by atoms with Crippen LogP contribution in [0.3, 0.4) is 0 Å². The summed E-state index contributed by atoms with van der Waals surface area (Å²) in [5.41, 5.74) is 1.04. The maximum Gasteiger partial charge on any atom is 0.203 e. The topological polar surface area (TPSA) is 39.7 Å². The Morgan fingerprint density at radius 3 is 2.29 bits per heavy atom. The average Bonchev–Trinajstić information content (AvgIpc) is 2.99. The molecule has 1 heterocycles. The number of hydrogen-bond donors (Lipinski definition) is 1. The second-order valence-electron chi connectivity index (χ2n) is 4.18. The van der Waals surface area contributed by atoms with Gasteiger partial charge in [0.05, 0.1) is 21.3 Å². The van der Waals surface area contributed by atoms with Gasteiger partial charge in [0.25, 0.3) is 0 Å². The van der Waals surface area contributed by atoms with Gasteiger partial charge in [0, 0.05) is 23.5 Å². The van der Waals surface area contributed by atoms with Crippen LogP contribution in [0.5, 0.6) is 17.2 Å². The Kier molecular flexibility index (Phi) is 7.36. The lowest BCUT2D eigenvalue weighted by molar-refractivity contribution is 0.321. The molecule has 0 aliphatic heterocycles. The summed E-state index contributed by atoms with van der Waals surface area (Å²) < 4.78 is 16.1. The van der Waals surface area contributed by atoms with Crippen LogP contribution in [0, 0.1) is 0 Å². The quantitative estimate of drug-likeness (QED) is 0.844. The first-order valence-electron chi connectivity index (χ1n) is 6.31. The number of benzene rings is 1. The van der Waals surface area contributed by atoms with Crippen LogP contribution in [0.1, 0.15) is 10.4 Å². The van der Waals surface area contributed by atoms with E-state index in [2.05, 4.69) is 22.8 Å². The van der Waals surface area contributed by atoms with Gasteiger partial charge < -0.3 is 19.5 Å². The predicted molar refractivity (Wildman–Crippen MR) is 88.2 cm³/mol. The molecule has 0 saturated carbocycles. The highest BCUT2D eigenvalue weighted by molar-refractivity contribution is 7.09. The maximum atomic E-state index is 5.46. The first kappa shape index (κ1) is 17.6. The summed E-state index contributed by atoms with van der Waals surface area (Å²) in [6, 6.07) is 8.05. The summed E-state index contributed by atoms with van der Waals surface area (Å²) >= 11 is 1.74. The van der Waals surface area contributed by atoms with Gasteiger partial charge in [0.15, 0.2) is 11.5 Å². The van der Waals surface area contributed by atoms with E-state index >= 15 is 0 Å². The van der Waals surface area contributed by atoms with Crippen LogP contribution in [-0.2, 0) is 13.1 Å². The minimum Gasteiger partial charge on any atom is -0.493 e. The van der Waals surface area contributed by atoms with Gasteiger partial charge in [0.1, 0.15) is 0 Å². The zero-order chi connectivity index (χ0) is 14.4. The van der Waals surface area contributed by atoms with Gasteiger partial charge in [-0.2, -0.15) is 0 Å². The maximum absolute atomic E-state index is 5.46. The van der Waals surface area contributed by atoms with Gasteiger partial charge in [-0.3, -0.25) is 0 Å². The third kappa shape index (κ3) is 4.27. The second-order valence-corrected chi connectivity index (χ2v) is 5.21. The van der Waals surface area contributed by atoms with Crippen molar-refractivity contribution in [3.63, 3.8) is 0 Å². The van der Waals surface area contributed by atoms with E-state index in [4.69, 9.17) is 14.2 Å². The fraction of sp³-hybridized carbons (Fsp3) is 0.333. The lowest BCUT2D eigenvalue weighted by Gasteiger charge is -2.16. The Bertz CT molecular complexity index is 546. The molecule has 0 fully saturated rings. The Labute approximate surface area is 135 Å². The van der Waals surface area contributed by atoms with Crippen molar-refractivity contribution in [3.8, 4) is 17.2 Å². The van der Waals surface area contributed by atoms with Crippen molar-refractivity contribution in [2.75, 3.05) is 21.3 Å². The van der Waals surface area contributed by atoms with Gasteiger partial charge in [-0.15, -0.1) is 23.7 Å². The molecule has 0 radical (unpaired) electrons. The number of rotatable bonds is 7. The predicted octanol–water partition coefficient (Wildman–Crippen LogP) is 3.49. The summed E-state index contributed by atoms with van der Waals surface area (Å²) in [6.07, 6.45) is 0. The van der Waals surface area contributed by atoms with Crippen LogP contribution in [-0.4, -0.2) is 21.3 Å². The summed E-state index contributed by atoms with van der Waals surface area (Å²) in [4.78, 5) is 1.31. The smallest absolute Gasteiger partial charge is 0.203 e. The highest BCUT2D eigenvalue weighted by Crippen LogP contribution is 2.39. The van der Waals surface area contributed by atoms with Crippen molar-refractivity contribution in [1.82, 2.24) is 5.32 Å². The molecule has 0 aliphatic rings. The third-order valence-electron chi connectivity index (χ3n) is 2.98. The largest absolute Gasteiger partial charge is 0.493 e. The Morgan fingerprint density at radius 1 is 0.952 bits per heavy atom. The Hall–Kier alpha value is -1.43. The van der Waals surface area contributed by atoms with Crippen molar-refractivity contribution < 1.29 is 14.2 Å². The van der Waals surface area contributed by atoms with Gasteiger partial charge >= 0.3 is 0 Å². The van der Waals surface area contributed by atoms with Crippen LogP contribution in [0.15, 0.2) is 29.6 Å². The monoisotopic (exact) mass is 329 g/mol. The number of ether oxygens (including phenoxy) is 3.